The van der Waals surface area contributed by atoms with Crippen molar-refractivity contribution < 1.29 is 17.4 Å². The Morgan fingerprint density at radius 1 is 1.14 bits per heavy atom. The molecule has 2 heterocycles. The van der Waals surface area contributed by atoms with Gasteiger partial charge in [-0.05, 0) is 31.4 Å². The van der Waals surface area contributed by atoms with Gasteiger partial charge >= 0.3 is 5.51 Å². The first-order chi connectivity index (χ1) is 10.0. The Labute approximate surface area is 129 Å². The smallest absolute Gasteiger partial charge is 0.395 e. The minimum Gasteiger partial charge on any atom is -0.395 e. The number of alkyl halides is 3. The fraction of sp³-hybridized carbons (Fsp3) is 0.692. The lowest BCUT2D eigenvalue weighted by molar-refractivity contribution is -0.0371. The first-order valence-electron chi connectivity index (χ1n) is 6.99. The quantitative estimate of drug-likeness (QED) is 0.746. The zero-order valence-corrected chi connectivity index (χ0v) is 12.9. The van der Waals surface area contributed by atoms with E-state index in [4.69, 9.17) is 4.18 Å². The molecular formula is C13H15F3N2OS2. The van der Waals surface area contributed by atoms with E-state index in [1.165, 1.54) is 11.8 Å². The Balaban J connectivity index is 1.89. The van der Waals surface area contributed by atoms with Crippen molar-refractivity contribution in [3.8, 4) is 5.88 Å². The van der Waals surface area contributed by atoms with E-state index in [2.05, 4.69) is 9.97 Å². The van der Waals surface area contributed by atoms with E-state index in [9.17, 15) is 13.2 Å². The summed E-state index contributed by atoms with van der Waals surface area (Å²) in [5.74, 6) is 1.88. The summed E-state index contributed by atoms with van der Waals surface area (Å²) in [6.07, 6.45) is 6.07. The largest absolute Gasteiger partial charge is 0.479 e. The van der Waals surface area contributed by atoms with Crippen LogP contribution < -0.4 is 4.18 Å². The predicted octanol–water partition coefficient (Wildman–Crippen LogP) is 4.72. The van der Waals surface area contributed by atoms with Crippen LogP contribution in [0.2, 0.25) is 0 Å². The van der Waals surface area contributed by atoms with E-state index in [1.54, 1.807) is 0 Å². The molecule has 3 nitrogen and oxygen atoms in total. The lowest BCUT2D eigenvalue weighted by Crippen LogP contribution is -2.12. The van der Waals surface area contributed by atoms with Crippen LogP contribution in [0.3, 0.4) is 0 Å². The molecule has 1 aromatic heterocycles. The molecule has 3 rings (SSSR count). The van der Waals surface area contributed by atoms with Gasteiger partial charge in [0.15, 0.2) is 12.0 Å². The second-order valence-electron chi connectivity index (χ2n) is 5.21. The molecule has 0 aromatic carbocycles. The van der Waals surface area contributed by atoms with Crippen LogP contribution >= 0.6 is 23.8 Å². The van der Waals surface area contributed by atoms with E-state index < -0.39 is 17.6 Å². The lowest BCUT2D eigenvalue weighted by atomic mass is 10.1. The van der Waals surface area contributed by atoms with Gasteiger partial charge in [0, 0.05) is 5.92 Å². The summed E-state index contributed by atoms with van der Waals surface area (Å²) < 4.78 is 42.0. The molecule has 0 atom stereocenters. The fourth-order valence-electron chi connectivity index (χ4n) is 2.73. The van der Waals surface area contributed by atoms with Crippen molar-refractivity contribution in [2.45, 2.75) is 54.8 Å². The summed E-state index contributed by atoms with van der Waals surface area (Å²) in [7, 11) is 0. The van der Waals surface area contributed by atoms with Crippen LogP contribution in [-0.4, -0.2) is 21.2 Å². The van der Waals surface area contributed by atoms with Crippen molar-refractivity contribution in [2.24, 2.45) is 0 Å². The van der Waals surface area contributed by atoms with Gasteiger partial charge in [0.1, 0.15) is 5.82 Å². The van der Waals surface area contributed by atoms with Gasteiger partial charge in [-0.25, -0.2) is 4.98 Å². The molecule has 0 N–H and O–H groups in total. The molecule has 1 fully saturated rings. The van der Waals surface area contributed by atoms with Crippen LogP contribution in [0.4, 0.5) is 13.2 Å². The third kappa shape index (κ3) is 3.77. The van der Waals surface area contributed by atoms with E-state index >= 15 is 0 Å². The molecule has 21 heavy (non-hydrogen) atoms. The molecule has 0 bridgehead atoms. The van der Waals surface area contributed by atoms with E-state index in [-0.39, 0.29) is 11.8 Å². The molecular weight excluding hydrogens is 321 g/mol. The number of hydrogen-bond donors (Lipinski definition) is 0. The van der Waals surface area contributed by atoms with Crippen LogP contribution in [0.15, 0.2) is 4.90 Å². The van der Waals surface area contributed by atoms with Crippen LogP contribution in [0, 0.1) is 0 Å². The Hall–Kier alpha value is -0.630. The zero-order valence-electron chi connectivity index (χ0n) is 11.3. The third-order valence-electron chi connectivity index (χ3n) is 3.66. The monoisotopic (exact) mass is 336 g/mol. The number of hydrogen-bond acceptors (Lipinski definition) is 5. The van der Waals surface area contributed by atoms with Crippen molar-refractivity contribution >= 4 is 23.8 Å². The van der Waals surface area contributed by atoms with Crippen LogP contribution in [0.5, 0.6) is 5.88 Å². The molecule has 8 heteroatoms. The van der Waals surface area contributed by atoms with E-state index in [1.807, 2.05) is 0 Å². The molecule has 1 aliphatic carbocycles. The molecule has 0 amide bonds. The molecule has 0 saturated heterocycles. The summed E-state index contributed by atoms with van der Waals surface area (Å²) in [5, 5.41) is 0. The number of fused-ring (bicyclic) bond motifs is 1. The zero-order chi connectivity index (χ0) is 14.9. The number of halogens is 3. The number of rotatable bonds is 3. The molecule has 0 radical (unpaired) electrons. The minimum atomic E-state index is -4.43. The molecule has 0 spiro atoms. The van der Waals surface area contributed by atoms with Gasteiger partial charge < -0.3 is 4.18 Å². The van der Waals surface area contributed by atoms with Crippen LogP contribution in [-0.2, 0) is 6.42 Å². The fourth-order valence-corrected chi connectivity index (χ4v) is 4.10. The van der Waals surface area contributed by atoms with Gasteiger partial charge in [-0.2, -0.15) is 18.2 Å². The maximum Gasteiger partial charge on any atom is 0.479 e. The molecule has 116 valence electrons. The maximum atomic E-state index is 12.4. The van der Waals surface area contributed by atoms with Crippen LogP contribution in [0.25, 0.3) is 0 Å². The average molecular weight is 336 g/mol. The lowest BCUT2D eigenvalue weighted by Gasteiger charge is -2.19. The Morgan fingerprint density at radius 2 is 1.90 bits per heavy atom. The van der Waals surface area contributed by atoms with E-state index in [0.717, 1.165) is 50.0 Å². The first kappa shape index (κ1) is 15.3. The first-order valence-corrected chi connectivity index (χ1v) is 8.71. The standard InChI is InChI=1S/C13H15F3N2OS2/c14-13(15,16)21-19-12-10-9(6-3-7-20-10)17-11(18-12)8-4-1-2-5-8/h8H,1-7H2. The van der Waals surface area contributed by atoms with Crippen molar-refractivity contribution in [1.29, 1.82) is 0 Å². The highest BCUT2D eigenvalue weighted by atomic mass is 32.2. The molecule has 1 aliphatic heterocycles. The normalized spacial score (nSPS) is 19.6. The topological polar surface area (TPSA) is 35.0 Å². The van der Waals surface area contributed by atoms with Gasteiger partial charge in [0.05, 0.1) is 10.6 Å². The van der Waals surface area contributed by atoms with Gasteiger partial charge in [0.2, 0.25) is 5.88 Å². The summed E-state index contributed by atoms with van der Waals surface area (Å²) in [6.45, 7) is 0. The summed E-state index contributed by atoms with van der Waals surface area (Å²) in [4.78, 5) is 9.57. The summed E-state index contributed by atoms with van der Waals surface area (Å²) >= 11 is 0.994. The second kappa shape index (κ2) is 6.24. The number of nitrogens with zero attached hydrogens (tertiary/aromatic N) is 2. The maximum absolute atomic E-state index is 12.4. The number of aromatic nitrogens is 2. The van der Waals surface area contributed by atoms with Gasteiger partial charge in [-0.15, -0.1) is 11.8 Å². The van der Waals surface area contributed by atoms with Gasteiger partial charge in [0.25, 0.3) is 0 Å². The molecule has 0 unspecified atom stereocenters. The second-order valence-corrected chi connectivity index (χ2v) is 7.11. The highest BCUT2D eigenvalue weighted by molar-refractivity contribution is 7.99. The number of aryl methyl sites for hydroxylation is 1. The molecule has 2 aliphatic rings. The Bertz CT molecular complexity index is 519. The van der Waals surface area contributed by atoms with Crippen LogP contribution in [0.1, 0.15) is 49.5 Å². The van der Waals surface area contributed by atoms with Gasteiger partial charge in [-0.3, -0.25) is 0 Å². The van der Waals surface area contributed by atoms with Crippen molar-refractivity contribution in [2.75, 3.05) is 5.75 Å². The highest BCUT2D eigenvalue weighted by Gasteiger charge is 2.33. The summed E-state index contributed by atoms with van der Waals surface area (Å²) in [5.41, 5.74) is -3.58. The average Bonchev–Trinajstić information content (AvgIpc) is 2.98. The van der Waals surface area contributed by atoms with E-state index in [0.29, 0.717) is 10.7 Å². The van der Waals surface area contributed by atoms with Crippen molar-refractivity contribution in [3.05, 3.63) is 11.5 Å². The predicted molar refractivity (Wildman–Crippen MR) is 76.6 cm³/mol. The molecule has 1 saturated carbocycles. The SMILES string of the molecule is FC(F)(F)SOc1nc(C2CCCC2)nc2c1SCCC2. The van der Waals surface area contributed by atoms with Crippen molar-refractivity contribution in [1.82, 2.24) is 9.97 Å². The Kier molecular flexibility index (Phi) is 4.54. The van der Waals surface area contributed by atoms with Gasteiger partial charge in [-0.1, -0.05) is 12.8 Å². The molecule has 1 aromatic rings. The number of thioether (sulfide) groups is 1. The third-order valence-corrected chi connectivity index (χ3v) is 5.28. The minimum absolute atomic E-state index is 0.0916. The Morgan fingerprint density at radius 3 is 2.62 bits per heavy atom. The summed E-state index contributed by atoms with van der Waals surface area (Å²) in [6, 6.07) is 0. The van der Waals surface area contributed by atoms with Crippen molar-refractivity contribution in [3.63, 3.8) is 0 Å². The highest BCUT2D eigenvalue weighted by Crippen LogP contribution is 2.42.